The zero-order valence-corrected chi connectivity index (χ0v) is 5.45. The highest BCUT2D eigenvalue weighted by Crippen LogP contribution is 2.25. The van der Waals surface area contributed by atoms with Crippen molar-refractivity contribution < 1.29 is 13.9 Å². The molecule has 1 rings (SSSR count). The maximum Gasteiger partial charge on any atom is 0.200 e. The predicted molar refractivity (Wildman–Crippen MR) is 31.5 cm³/mol. The molecule has 0 spiro atoms. The van der Waals surface area contributed by atoms with Gasteiger partial charge in [-0.25, -0.2) is 8.78 Å². The molecule has 10 heavy (non-hydrogen) atoms. The molecule has 1 aromatic rings. The minimum Gasteiger partial charge on any atom is -0.288 e. The van der Waals surface area contributed by atoms with Crippen LogP contribution in [0.4, 0.5) is 8.78 Å². The first-order valence-corrected chi connectivity index (χ1v) is 2.80. The Balaban J connectivity index is 3.28. The van der Waals surface area contributed by atoms with Crippen LogP contribution in [0.2, 0.25) is 5.02 Å². The summed E-state index contributed by atoms with van der Waals surface area (Å²) in [7, 11) is 0. The van der Waals surface area contributed by atoms with Crippen LogP contribution in [0.15, 0.2) is 12.1 Å². The van der Waals surface area contributed by atoms with E-state index in [2.05, 4.69) is 0 Å². The summed E-state index contributed by atoms with van der Waals surface area (Å²) in [5, 5.41) is 10.1. The second kappa shape index (κ2) is 2.42. The van der Waals surface area contributed by atoms with Gasteiger partial charge in [0, 0.05) is 6.07 Å². The predicted octanol–water partition coefficient (Wildman–Crippen LogP) is 2.76. The molecule has 0 heterocycles. The third-order valence-electron chi connectivity index (χ3n) is 0.975. The Labute approximate surface area is 60.9 Å². The van der Waals surface area contributed by atoms with Crippen molar-refractivity contribution in [3.05, 3.63) is 28.8 Å². The normalized spacial score (nSPS) is 9.90. The first kappa shape index (κ1) is 7.28. The second-order valence-corrected chi connectivity index (χ2v) is 2.10. The highest BCUT2D eigenvalue weighted by molar-refractivity contribution is 6.31. The fourth-order valence-corrected chi connectivity index (χ4v) is 0.655. The molecule has 0 aliphatic carbocycles. The van der Waals surface area contributed by atoms with E-state index in [4.69, 9.17) is 11.6 Å². The Morgan fingerprint density at radius 2 is 1.70 bits per heavy atom. The SMILES string of the molecule is [O]c1cc(F)c(F)cc1Cl. The van der Waals surface area contributed by atoms with E-state index in [1.807, 2.05) is 0 Å². The summed E-state index contributed by atoms with van der Waals surface area (Å²) in [5.74, 6) is -2.99. The highest BCUT2D eigenvalue weighted by atomic mass is 35.5. The van der Waals surface area contributed by atoms with Crippen LogP contribution in [0, 0.1) is 11.6 Å². The van der Waals surface area contributed by atoms with Gasteiger partial charge in [-0.05, 0) is 6.07 Å². The van der Waals surface area contributed by atoms with E-state index in [0.717, 1.165) is 0 Å². The quantitative estimate of drug-likeness (QED) is 0.524. The van der Waals surface area contributed by atoms with Gasteiger partial charge in [0.2, 0.25) is 0 Å². The first-order valence-electron chi connectivity index (χ1n) is 2.43. The van der Waals surface area contributed by atoms with Crippen molar-refractivity contribution in [1.29, 1.82) is 0 Å². The Morgan fingerprint density at radius 3 is 2.20 bits per heavy atom. The van der Waals surface area contributed by atoms with Gasteiger partial charge in [0.1, 0.15) is 0 Å². The lowest BCUT2D eigenvalue weighted by atomic mass is 10.3. The van der Waals surface area contributed by atoms with Crippen molar-refractivity contribution in [2.24, 2.45) is 0 Å². The van der Waals surface area contributed by atoms with Crippen LogP contribution < -0.4 is 0 Å². The van der Waals surface area contributed by atoms with Gasteiger partial charge in [-0.3, -0.25) is 5.11 Å². The van der Waals surface area contributed by atoms with E-state index >= 15 is 0 Å². The smallest absolute Gasteiger partial charge is 0.200 e. The third kappa shape index (κ3) is 1.19. The summed E-state index contributed by atoms with van der Waals surface area (Å²) >= 11 is 5.17. The van der Waals surface area contributed by atoms with Gasteiger partial charge in [-0.15, -0.1) is 0 Å². The van der Waals surface area contributed by atoms with Crippen molar-refractivity contribution in [3.8, 4) is 5.75 Å². The number of benzene rings is 1. The molecule has 0 aromatic heterocycles. The molecule has 0 atom stereocenters. The van der Waals surface area contributed by atoms with Crippen LogP contribution in [-0.2, 0) is 5.11 Å². The van der Waals surface area contributed by atoms with Gasteiger partial charge in [0.15, 0.2) is 17.4 Å². The lowest BCUT2D eigenvalue weighted by molar-refractivity contribution is 0.349. The molecule has 0 aliphatic rings. The number of halogens is 3. The summed E-state index contributed by atoms with van der Waals surface area (Å²) < 4.78 is 24.3. The molecule has 0 bridgehead atoms. The van der Waals surface area contributed by atoms with Crippen LogP contribution in [0.25, 0.3) is 0 Å². The molecule has 0 fully saturated rings. The van der Waals surface area contributed by atoms with Crippen LogP contribution in [0.5, 0.6) is 5.75 Å². The Kier molecular flexibility index (Phi) is 1.76. The molecule has 0 unspecified atom stereocenters. The monoisotopic (exact) mass is 163 g/mol. The van der Waals surface area contributed by atoms with Crippen molar-refractivity contribution in [2.75, 3.05) is 0 Å². The molecule has 0 saturated carbocycles. The van der Waals surface area contributed by atoms with E-state index in [1.54, 1.807) is 0 Å². The average Bonchev–Trinajstić information content (AvgIpc) is 1.84. The molecule has 0 amide bonds. The standard InChI is InChI=1S/C6H2ClF2O/c7-3-1-4(8)5(9)2-6(3)10/h1-2H. The summed E-state index contributed by atoms with van der Waals surface area (Å²) in [4.78, 5) is 0. The molecule has 1 nitrogen and oxygen atoms in total. The maximum absolute atomic E-state index is 12.2. The molecule has 4 heteroatoms. The molecular formula is C6H2ClF2O. The molecule has 0 aliphatic heterocycles. The second-order valence-electron chi connectivity index (χ2n) is 1.70. The van der Waals surface area contributed by atoms with Crippen LogP contribution in [0.3, 0.4) is 0 Å². The Morgan fingerprint density at radius 1 is 1.20 bits per heavy atom. The average molecular weight is 164 g/mol. The lowest BCUT2D eigenvalue weighted by Gasteiger charge is -1.93. The van der Waals surface area contributed by atoms with E-state index in [-0.39, 0.29) is 5.02 Å². The number of hydrogen-bond acceptors (Lipinski definition) is 0. The molecular weight excluding hydrogens is 162 g/mol. The largest absolute Gasteiger partial charge is 0.288 e. The molecule has 0 N–H and O–H groups in total. The summed E-state index contributed by atoms with van der Waals surface area (Å²) in [6, 6.07) is 1.16. The van der Waals surface area contributed by atoms with E-state index in [0.29, 0.717) is 12.1 Å². The highest BCUT2D eigenvalue weighted by Gasteiger charge is 2.07. The maximum atomic E-state index is 12.2. The van der Waals surface area contributed by atoms with Crippen molar-refractivity contribution in [1.82, 2.24) is 0 Å². The minimum absolute atomic E-state index is 0.307. The zero-order chi connectivity index (χ0) is 7.72. The van der Waals surface area contributed by atoms with E-state index in [9.17, 15) is 13.9 Å². The van der Waals surface area contributed by atoms with Crippen LogP contribution in [-0.4, -0.2) is 0 Å². The minimum atomic E-state index is -1.17. The Hall–Kier alpha value is -0.830. The van der Waals surface area contributed by atoms with E-state index in [1.165, 1.54) is 0 Å². The van der Waals surface area contributed by atoms with Gasteiger partial charge in [0.25, 0.3) is 0 Å². The third-order valence-corrected chi connectivity index (χ3v) is 1.27. The topological polar surface area (TPSA) is 19.9 Å². The van der Waals surface area contributed by atoms with Gasteiger partial charge >= 0.3 is 0 Å². The fraction of sp³-hybridized carbons (Fsp3) is 0. The van der Waals surface area contributed by atoms with Crippen molar-refractivity contribution >= 4 is 11.6 Å². The number of hydrogen-bond donors (Lipinski definition) is 0. The summed E-state index contributed by atoms with van der Waals surface area (Å²) in [6.07, 6.45) is 0. The van der Waals surface area contributed by atoms with Gasteiger partial charge in [0.05, 0.1) is 5.02 Å². The van der Waals surface area contributed by atoms with Gasteiger partial charge in [-0.2, -0.15) is 0 Å². The van der Waals surface area contributed by atoms with Crippen LogP contribution >= 0.6 is 11.6 Å². The van der Waals surface area contributed by atoms with Crippen LogP contribution in [0.1, 0.15) is 0 Å². The fourth-order valence-electron chi connectivity index (χ4n) is 0.504. The molecule has 53 valence electrons. The summed E-state index contributed by atoms with van der Waals surface area (Å²) in [5.41, 5.74) is 0. The lowest BCUT2D eigenvalue weighted by Crippen LogP contribution is -1.81. The molecule has 0 saturated heterocycles. The number of rotatable bonds is 0. The van der Waals surface area contributed by atoms with Gasteiger partial charge < -0.3 is 0 Å². The first-order chi connectivity index (χ1) is 4.61. The molecule has 1 aromatic carbocycles. The van der Waals surface area contributed by atoms with Crippen molar-refractivity contribution in [3.63, 3.8) is 0 Å². The van der Waals surface area contributed by atoms with Crippen molar-refractivity contribution in [2.45, 2.75) is 0 Å². The molecule has 1 radical (unpaired) electrons. The Bertz CT molecular complexity index is 212. The zero-order valence-electron chi connectivity index (χ0n) is 4.70. The van der Waals surface area contributed by atoms with Gasteiger partial charge in [-0.1, -0.05) is 11.6 Å². The van der Waals surface area contributed by atoms with E-state index < -0.39 is 17.4 Å². The summed E-state index contributed by atoms with van der Waals surface area (Å²) in [6.45, 7) is 0.